The Morgan fingerprint density at radius 3 is 3.00 bits per heavy atom. The Bertz CT molecular complexity index is 483. The lowest BCUT2D eigenvalue weighted by Crippen LogP contribution is -2.51. The molecule has 1 unspecified atom stereocenters. The van der Waals surface area contributed by atoms with E-state index in [1.165, 1.54) is 4.31 Å². The van der Waals surface area contributed by atoms with Gasteiger partial charge in [0.25, 0.3) is 0 Å². The van der Waals surface area contributed by atoms with E-state index in [9.17, 15) is 8.42 Å². The van der Waals surface area contributed by atoms with Crippen molar-refractivity contribution in [2.24, 2.45) is 0 Å². The van der Waals surface area contributed by atoms with Crippen LogP contribution in [0.5, 0.6) is 0 Å². The van der Waals surface area contributed by atoms with Crippen LogP contribution in [-0.4, -0.2) is 43.6 Å². The van der Waals surface area contributed by atoms with Gasteiger partial charge in [-0.3, -0.25) is 0 Å². The van der Waals surface area contributed by atoms with E-state index in [4.69, 9.17) is 4.52 Å². The monoisotopic (exact) mass is 259 g/mol. The molecule has 6 nitrogen and oxygen atoms in total. The van der Waals surface area contributed by atoms with Gasteiger partial charge in [-0.25, -0.2) is 8.42 Å². The first kappa shape index (κ1) is 12.5. The minimum atomic E-state index is -3.29. The van der Waals surface area contributed by atoms with Gasteiger partial charge < -0.3 is 9.84 Å². The van der Waals surface area contributed by atoms with E-state index >= 15 is 0 Å². The van der Waals surface area contributed by atoms with Crippen LogP contribution in [0.15, 0.2) is 10.6 Å². The number of hydrogen-bond acceptors (Lipinski definition) is 5. The molecule has 0 bridgehead atoms. The fourth-order valence-electron chi connectivity index (χ4n) is 1.91. The average molecular weight is 259 g/mol. The molecule has 1 aliphatic rings. The second-order valence-corrected chi connectivity index (χ2v) is 6.37. The van der Waals surface area contributed by atoms with Crippen LogP contribution in [0.4, 0.5) is 0 Å². The number of rotatable bonds is 3. The average Bonchev–Trinajstić information content (AvgIpc) is 2.63. The second kappa shape index (κ2) is 4.75. The van der Waals surface area contributed by atoms with Gasteiger partial charge in [0.05, 0.1) is 0 Å². The summed E-state index contributed by atoms with van der Waals surface area (Å²) in [6.07, 6.45) is 0. The Labute approximate surface area is 101 Å². The molecular formula is C10H17N3O3S. The maximum Gasteiger partial charge on any atom is 0.220 e. The summed E-state index contributed by atoms with van der Waals surface area (Å²) in [4.78, 5) is 0. The molecule has 2 rings (SSSR count). The van der Waals surface area contributed by atoms with Crippen LogP contribution in [0.1, 0.15) is 18.4 Å². The van der Waals surface area contributed by atoms with E-state index in [2.05, 4.69) is 10.5 Å². The third kappa shape index (κ3) is 3.05. The normalized spacial score (nSPS) is 22.8. The van der Waals surface area contributed by atoms with Crippen molar-refractivity contribution < 1.29 is 12.9 Å². The van der Waals surface area contributed by atoms with E-state index < -0.39 is 10.0 Å². The maximum atomic E-state index is 12.1. The number of aromatic nitrogens is 1. The summed E-state index contributed by atoms with van der Waals surface area (Å²) < 4.78 is 30.6. The Hall–Kier alpha value is -0.920. The van der Waals surface area contributed by atoms with Crippen LogP contribution in [-0.2, 0) is 15.8 Å². The van der Waals surface area contributed by atoms with Crippen molar-refractivity contribution in [3.8, 4) is 0 Å². The third-order valence-corrected chi connectivity index (χ3v) is 4.51. The van der Waals surface area contributed by atoms with Crippen molar-refractivity contribution in [3.05, 3.63) is 17.5 Å². The highest BCUT2D eigenvalue weighted by Crippen LogP contribution is 2.13. The third-order valence-electron chi connectivity index (χ3n) is 2.73. The number of nitrogens with one attached hydrogen (secondary N) is 1. The van der Waals surface area contributed by atoms with Crippen LogP contribution in [0.2, 0.25) is 0 Å². The largest absolute Gasteiger partial charge is 0.361 e. The van der Waals surface area contributed by atoms with Gasteiger partial charge in [0.15, 0.2) is 0 Å². The first-order valence-corrected chi connectivity index (χ1v) is 7.22. The van der Waals surface area contributed by atoms with Crippen LogP contribution >= 0.6 is 0 Å². The standard InChI is InChI=1S/C10H17N3O3S/c1-8-6-13(4-3-11-8)17(14,15)7-10-5-9(2)16-12-10/h5,8,11H,3-4,6-7H2,1-2H3. The highest BCUT2D eigenvalue weighted by molar-refractivity contribution is 7.88. The summed E-state index contributed by atoms with van der Waals surface area (Å²) >= 11 is 0. The summed E-state index contributed by atoms with van der Waals surface area (Å²) in [5.74, 6) is 0.542. The van der Waals surface area contributed by atoms with E-state index in [0.29, 0.717) is 31.1 Å². The van der Waals surface area contributed by atoms with Gasteiger partial charge in [-0.05, 0) is 13.8 Å². The highest BCUT2D eigenvalue weighted by atomic mass is 32.2. The molecular weight excluding hydrogens is 242 g/mol. The number of nitrogens with zero attached hydrogens (tertiary/aromatic N) is 2. The van der Waals surface area contributed by atoms with Crippen molar-refractivity contribution in [2.45, 2.75) is 25.6 Å². The molecule has 1 fully saturated rings. The predicted molar refractivity (Wildman–Crippen MR) is 62.9 cm³/mol. The molecule has 2 heterocycles. The molecule has 0 aliphatic carbocycles. The van der Waals surface area contributed by atoms with Crippen LogP contribution in [0, 0.1) is 6.92 Å². The van der Waals surface area contributed by atoms with Crippen molar-refractivity contribution in [3.63, 3.8) is 0 Å². The number of piperazine rings is 1. The van der Waals surface area contributed by atoms with Gasteiger partial charge in [0, 0.05) is 31.7 Å². The van der Waals surface area contributed by atoms with E-state index in [-0.39, 0.29) is 11.8 Å². The molecule has 17 heavy (non-hydrogen) atoms. The lowest BCUT2D eigenvalue weighted by molar-refractivity contribution is 0.309. The molecule has 0 spiro atoms. The second-order valence-electron chi connectivity index (χ2n) is 4.40. The molecule has 1 saturated heterocycles. The Morgan fingerprint density at radius 1 is 1.65 bits per heavy atom. The Kier molecular flexibility index (Phi) is 3.50. The van der Waals surface area contributed by atoms with Gasteiger partial charge in [-0.15, -0.1) is 0 Å². The van der Waals surface area contributed by atoms with Gasteiger partial charge in [-0.1, -0.05) is 5.16 Å². The van der Waals surface area contributed by atoms with Crippen molar-refractivity contribution in [1.82, 2.24) is 14.8 Å². The van der Waals surface area contributed by atoms with Gasteiger partial charge in [0.2, 0.25) is 10.0 Å². The zero-order valence-electron chi connectivity index (χ0n) is 10.0. The number of aryl methyl sites for hydroxylation is 1. The number of sulfonamides is 1. The zero-order valence-corrected chi connectivity index (χ0v) is 10.8. The zero-order chi connectivity index (χ0) is 12.5. The van der Waals surface area contributed by atoms with Gasteiger partial charge in [-0.2, -0.15) is 4.31 Å². The Morgan fingerprint density at radius 2 is 2.41 bits per heavy atom. The molecule has 7 heteroatoms. The smallest absolute Gasteiger partial charge is 0.220 e. The van der Waals surface area contributed by atoms with E-state index in [1.54, 1.807) is 13.0 Å². The minimum Gasteiger partial charge on any atom is -0.361 e. The fourth-order valence-corrected chi connectivity index (χ4v) is 3.43. The lowest BCUT2D eigenvalue weighted by atomic mass is 10.3. The topological polar surface area (TPSA) is 75.4 Å². The molecule has 96 valence electrons. The first-order valence-electron chi connectivity index (χ1n) is 5.61. The molecule has 1 N–H and O–H groups in total. The summed E-state index contributed by atoms with van der Waals surface area (Å²) in [7, 11) is -3.29. The SMILES string of the molecule is Cc1cc(CS(=O)(=O)N2CCNC(C)C2)no1. The molecule has 0 amide bonds. The van der Waals surface area contributed by atoms with Crippen LogP contribution in [0.3, 0.4) is 0 Å². The quantitative estimate of drug-likeness (QED) is 0.833. The number of hydrogen-bond donors (Lipinski definition) is 1. The Balaban J connectivity index is 2.08. The minimum absolute atomic E-state index is 0.0863. The summed E-state index contributed by atoms with van der Waals surface area (Å²) in [6, 6.07) is 1.85. The summed E-state index contributed by atoms with van der Waals surface area (Å²) in [6.45, 7) is 5.44. The van der Waals surface area contributed by atoms with Gasteiger partial charge in [0.1, 0.15) is 17.2 Å². The van der Waals surface area contributed by atoms with E-state index in [0.717, 1.165) is 0 Å². The summed E-state index contributed by atoms with van der Waals surface area (Å²) in [5, 5.41) is 6.93. The molecule has 1 atom stereocenters. The highest BCUT2D eigenvalue weighted by Gasteiger charge is 2.27. The maximum absolute atomic E-state index is 12.1. The van der Waals surface area contributed by atoms with Gasteiger partial charge >= 0.3 is 0 Å². The molecule has 1 aromatic heterocycles. The lowest BCUT2D eigenvalue weighted by Gasteiger charge is -2.30. The first-order chi connectivity index (χ1) is 7.97. The van der Waals surface area contributed by atoms with Crippen LogP contribution < -0.4 is 5.32 Å². The van der Waals surface area contributed by atoms with E-state index in [1.807, 2.05) is 6.92 Å². The van der Waals surface area contributed by atoms with Crippen molar-refractivity contribution in [2.75, 3.05) is 19.6 Å². The molecule has 0 saturated carbocycles. The molecule has 0 aromatic carbocycles. The molecule has 0 radical (unpaired) electrons. The van der Waals surface area contributed by atoms with Crippen LogP contribution in [0.25, 0.3) is 0 Å². The fraction of sp³-hybridized carbons (Fsp3) is 0.700. The van der Waals surface area contributed by atoms with Crippen molar-refractivity contribution in [1.29, 1.82) is 0 Å². The van der Waals surface area contributed by atoms with Crippen molar-refractivity contribution >= 4 is 10.0 Å². The summed E-state index contributed by atoms with van der Waals surface area (Å²) in [5.41, 5.74) is 0.466. The molecule has 1 aliphatic heterocycles. The predicted octanol–water partition coefficient (Wildman–Crippen LogP) is 0.107. The molecule has 1 aromatic rings.